The Bertz CT molecular complexity index is 870. The van der Waals surface area contributed by atoms with Crippen LogP contribution >= 0.6 is 11.3 Å². The smallest absolute Gasteiger partial charge is 0.348 e. The third-order valence-corrected chi connectivity index (χ3v) is 7.11. The summed E-state index contributed by atoms with van der Waals surface area (Å²) in [5.74, 6) is -0.816. The van der Waals surface area contributed by atoms with Gasteiger partial charge in [0.1, 0.15) is 4.88 Å². The molecule has 0 radical (unpaired) electrons. The van der Waals surface area contributed by atoms with Crippen LogP contribution in [0.3, 0.4) is 0 Å². The van der Waals surface area contributed by atoms with Crippen molar-refractivity contribution in [2.45, 2.75) is 19.4 Å². The van der Waals surface area contributed by atoms with Crippen LogP contribution in [0.5, 0.6) is 0 Å². The molecular weight excluding hydrogens is 362 g/mol. The van der Waals surface area contributed by atoms with Crippen LogP contribution in [0.25, 0.3) is 10.1 Å². The summed E-state index contributed by atoms with van der Waals surface area (Å²) < 4.78 is 29.3. The van der Waals surface area contributed by atoms with Crippen molar-refractivity contribution in [3.63, 3.8) is 0 Å². The highest BCUT2D eigenvalue weighted by atomic mass is 32.2. The molecule has 0 bridgehead atoms. The Morgan fingerprint density at radius 1 is 1.32 bits per heavy atom. The van der Waals surface area contributed by atoms with Crippen molar-refractivity contribution in [1.29, 1.82) is 0 Å². The molecule has 1 aromatic heterocycles. The highest BCUT2D eigenvalue weighted by Crippen LogP contribution is 2.26. The Kier molecular flexibility index (Phi) is 5.10. The van der Waals surface area contributed by atoms with Gasteiger partial charge in [-0.1, -0.05) is 18.2 Å². The molecule has 1 aliphatic rings. The Morgan fingerprint density at radius 2 is 2.08 bits per heavy atom. The van der Waals surface area contributed by atoms with E-state index < -0.39 is 15.8 Å². The third kappa shape index (κ3) is 4.01. The van der Waals surface area contributed by atoms with Crippen LogP contribution in [0.2, 0.25) is 0 Å². The molecule has 8 heteroatoms. The van der Waals surface area contributed by atoms with E-state index in [2.05, 4.69) is 0 Å². The molecule has 1 aromatic carbocycles. The average Bonchev–Trinajstić information content (AvgIpc) is 3.16. The van der Waals surface area contributed by atoms with E-state index in [-0.39, 0.29) is 30.1 Å². The van der Waals surface area contributed by atoms with Gasteiger partial charge >= 0.3 is 5.97 Å². The number of ether oxygens (including phenoxy) is 1. The first-order chi connectivity index (χ1) is 11.9. The number of hydrogen-bond acceptors (Lipinski definition) is 6. The topological polar surface area (TPSA) is 80.8 Å². The van der Waals surface area contributed by atoms with Gasteiger partial charge in [-0.3, -0.25) is 4.79 Å². The molecule has 3 rings (SSSR count). The molecule has 1 aliphatic heterocycles. The summed E-state index contributed by atoms with van der Waals surface area (Å²) >= 11 is 1.32. The van der Waals surface area contributed by atoms with Crippen molar-refractivity contribution < 1.29 is 22.7 Å². The predicted molar refractivity (Wildman–Crippen MR) is 96.6 cm³/mol. The molecule has 25 heavy (non-hydrogen) atoms. The molecule has 1 atom stereocenters. The highest BCUT2D eigenvalue weighted by molar-refractivity contribution is 7.91. The number of thiophene rings is 1. The molecule has 1 fully saturated rings. The Morgan fingerprint density at radius 3 is 2.72 bits per heavy atom. The number of carbonyl (C=O) groups excluding carboxylic acids is 2. The minimum atomic E-state index is -3.07. The molecule has 0 spiro atoms. The lowest BCUT2D eigenvalue weighted by molar-refractivity contribution is -0.136. The van der Waals surface area contributed by atoms with Crippen LogP contribution < -0.4 is 0 Å². The molecule has 0 N–H and O–H groups in total. The fourth-order valence-electron chi connectivity index (χ4n) is 3.02. The van der Waals surface area contributed by atoms with Crippen LogP contribution in [0.4, 0.5) is 0 Å². The summed E-state index contributed by atoms with van der Waals surface area (Å²) in [6.07, 6.45) is 0.437. The molecule has 2 heterocycles. The van der Waals surface area contributed by atoms with Gasteiger partial charge in [-0.15, -0.1) is 11.3 Å². The van der Waals surface area contributed by atoms with Crippen molar-refractivity contribution in [1.82, 2.24) is 4.90 Å². The van der Waals surface area contributed by atoms with E-state index in [0.717, 1.165) is 10.1 Å². The number of esters is 1. The number of rotatable bonds is 5. The second-order valence-electron chi connectivity index (χ2n) is 5.96. The Balaban J connectivity index is 1.61. The number of benzene rings is 1. The van der Waals surface area contributed by atoms with Crippen molar-refractivity contribution in [3.8, 4) is 0 Å². The second-order valence-corrected chi connectivity index (χ2v) is 9.27. The van der Waals surface area contributed by atoms with Gasteiger partial charge in [0.05, 0.1) is 11.5 Å². The van der Waals surface area contributed by atoms with E-state index >= 15 is 0 Å². The van der Waals surface area contributed by atoms with Gasteiger partial charge in [-0.25, -0.2) is 13.2 Å². The van der Waals surface area contributed by atoms with Gasteiger partial charge in [-0.2, -0.15) is 0 Å². The van der Waals surface area contributed by atoms with Gasteiger partial charge in [0, 0.05) is 17.3 Å². The number of fused-ring (bicyclic) bond motifs is 1. The fourth-order valence-corrected chi connectivity index (χ4v) is 5.71. The molecule has 1 saturated heterocycles. The van der Waals surface area contributed by atoms with Crippen molar-refractivity contribution in [2.24, 2.45) is 0 Å². The lowest BCUT2D eigenvalue weighted by Gasteiger charge is -2.26. The van der Waals surface area contributed by atoms with Crippen LogP contribution in [-0.2, 0) is 19.4 Å². The van der Waals surface area contributed by atoms with Crippen molar-refractivity contribution in [2.75, 3.05) is 24.7 Å². The van der Waals surface area contributed by atoms with E-state index in [9.17, 15) is 18.0 Å². The first kappa shape index (κ1) is 17.9. The molecule has 0 aliphatic carbocycles. The SMILES string of the molecule is CCN(C(=O)COC(=O)c1cc2ccccc2s1)[C@H]1CCS(=O)(=O)C1. The lowest BCUT2D eigenvalue weighted by Crippen LogP contribution is -2.43. The zero-order valence-corrected chi connectivity index (χ0v) is 15.4. The molecule has 1 amide bonds. The molecule has 134 valence electrons. The molecular formula is C17H19NO5S2. The summed E-state index contributed by atoms with van der Waals surface area (Å²) in [5, 5.41) is 0.956. The van der Waals surface area contributed by atoms with Crippen LogP contribution in [0, 0.1) is 0 Å². The Hall–Kier alpha value is -1.93. The van der Waals surface area contributed by atoms with Gasteiger partial charge in [0.2, 0.25) is 0 Å². The molecule has 0 unspecified atom stereocenters. The predicted octanol–water partition coefficient (Wildman–Crippen LogP) is 2.09. The summed E-state index contributed by atoms with van der Waals surface area (Å²) in [5.41, 5.74) is 0. The van der Waals surface area contributed by atoms with Crippen LogP contribution in [0.15, 0.2) is 30.3 Å². The van der Waals surface area contributed by atoms with Gasteiger partial charge in [0.25, 0.3) is 5.91 Å². The number of amides is 1. The summed E-state index contributed by atoms with van der Waals surface area (Å²) in [6, 6.07) is 9.03. The first-order valence-electron chi connectivity index (χ1n) is 8.05. The van der Waals surface area contributed by atoms with Crippen molar-refractivity contribution in [3.05, 3.63) is 35.2 Å². The highest BCUT2D eigenvalue weighted by Gasteiger charge is 2.34. The van der Waals surface area contributed by atoms with E-state index in [1.165, 1.54) is 16.2 Å². The quantitative estimate of drug-likeness (QED) is 0.741. The average molecular weight is 381 g/mol. The first-order valence-corrected chi connectivity index (χ1v) is 10.7. The zero-order chi connectivity index (χ0) is 18.0. The fraction of sp³-hybridized carbons (Fsp3) is 0.412. The number of likely N-dealkylation sites (N-methyl/N-ethyl adjacent to an activating group) is 1. The van der Waals surface area contributed by atoms with Crippen LogP contribution in [-0.4, -0.2) is 55.9 Å². The maximum Gasteiger partial charge on any atom is 0.348 e. The number of nitrogens with zero attached hydrogens (tertiary/aromatic N) is 1. The monoisotopic (exact) mass is 381 g/mol. The summed E-state index contributed by atoms with van der Waals surface area (Å²) in [4.78, 5) is 26.4. The zero-order valence-electron chi connectivity index (χ0n) is 13.8. The van der Waals surface area contributed by atoms with Gasteiger partial charge in [0.15, 0.2) is 16.4 Å². The molecule has 0 saturated carbocycles. The van der Waals surface area contributed by atoms with Crippen LogP contribution in [0.1, 0.15) is 23.0 Å². The van der Waals surface area contributed by atoms with Gasteiger partial charge < -0.3 is 9.64 Å². The third-order valence-electron chi connectivity index (χ3n) is 4.26. The maximum absolute atomic E-state index is 12.3. The van der Waals surface area contributed by atoms with E-state index in [1.54, 1.807) is 13.0 Å². The molecule has 6 nitrogen and oxygen atoms in total. The minimum absolute atomic E-state index is 0.0170. The normalized spacial score (nSPS) is 19.0. The van der Waals surface area contributed by atoms with Crippen molar-refractivity contribution >= 4 is 43.1 Å². The lowest BCUT2D eigenvalue weighted by atomic mass is 10.2. The maximum atomic E-state index is 12.3. The van der Waals surface area contributed by atoms with E-state index in [4.69, 9.17) is 4.74 Å². The Labute approximate surface area is 150 Å². The second kappa shape index (κ2) is 7.13. The molecule has 2 aromatic rings. The largest absolute Gasteiger partial charge is 0.451 e. The number of sulfone groups is 1. The summed E-state index contributed by atoms with van der Waals surface area (Å²) in [7, 11) is -3.07. The summed E-state index contributed by atoms with van der Waals surface area (Å²) in [6.45, 7) is 1.80. The minimum Gasteiger partial charge on any atom is -0.451 e. The number of carbonyl (C=O) groups is 2. The van der Waals surface area contributed by atoms with Gasteiger partial charge in [-0.05, 0) is 30.9 Å². The standard InChI is InChI=1S/C17H19NO5S2/c1-2-18(13-7-8-25(21,22)11-13)16(19)10-23-17(20)15-9-12-5-3-4-6-14(12)24-15/h3-6,9,13H,2,7-8,10-11H2,1H3/t13-/m0/s1. The van der Waals surface area contributed by atoms with E-state index in [0.29, 0.717) is 17.8 Å². The van der Waals surface area contributed by atoms with E-state index in [1.807, 2.05) is 24.3 Å². The number of hydrogen-bond donors (Lipinski definition) is 0.